The van der Waals surface area contributed by atoms with Gasteiger partial charge >= 0.3 is 0 Å². The first-order chi connectivity index (χ1) is 7.10. The summed E-state index contributed by atoms with van der Waals surface area (Å²) in [6.45, 7) is 4.77. The van der Waals surface area contributed by atoms with Crippen LogP contribution in [-0.2, 0) is 17.8 Å². The molecule has 1 heterocycles. The standard InChI is InChI=1S/C10H15BrN2OS/c1-4-13-9(5-8(14)6-15-3)10(11)7(2)12-13/h4-6H2,1-3H3. The molecule has 0 saturated heterocycles. The predicted octanol–water partition coefficient (Wildman–Crippen LogP) is 2.45. The summed E-state index contributed by atoms with van der Waals surface area (Å²) in [5.74, 6) is 0.818. The molecule has 0 fully saturated rings. The van der Waals surface area contributed by atoms with E-state index >= 15 is 0 Å². The van der Waals surface area contributed by atoms with Gasteiger partial charge in [-0.25, -0.2) is 0 Å². The van der Waals surface area contributed by atoms with E-state index < -0.39 is 0 Å². The van der Waals surface area contributed by atoms with Gasteiger partial charge < -0.3 is 0 Å². The number of halogens is 1. The zero-order valence-corrected chi connectivity index (χ0v) is 11.6. The molecule has 0 unspecified atom stereocenters. The van der Waals surface area contributed by atoms with Gasteiger partial charge in [0.1, 0.15) is 5.78 Å². The molecule has 0 N–H and O–H groups in total. The highest BCUT2D eigenvalue weighted by Crippen LogP contribution is 2.21. The number of hydrogen-bond donors (Lipinski definition) is 0. The van der Waals surface area contributed by atoms with Gasteiger partial charge in [0, 0.05) is 6.54 Å². The number of nitrogens with zero attached hydrogens (tertiary/aromatic N) is 2. The van der Waals surface area contributed by atoms with E-state index in [1.807, 2.05) is 24.8 Å². The van der Waals surface area contributed by atoms with Crippen molar-refractivity contribution >= 4 is 33.5 Å². The molecule has 1 aromatic rings. The monoisotopic (exact) mass is 290 g/mol. The molecule has 0 atom stereocenters. The summed E-state index contributed by atoms with van der Waals surface area (Å²) in [6, 6.07) is 0. The number of ketones is 1. The Morgan fingerprint density at radius 3 is 2.80 bits per heavy atom. The quantitative estimate of drug-likeness (QED) is 0.836. The summed E-state index contributed by atoms with van der Waals surface area (Å²) in [7, 11) is 0. The van der Waals surface area contributed by atoms with Gasteiger partial charge in [0.15, 0.2) is 0 Å². The molecule has 0 bridgehead atoms. The predicted molar refractivity (Wildman–Crippen MR) is 67.4 cm³/mol. The molecule has 0 amide bonds. The van der Waals surface area contributed by atoms with E-state index in [0.717, 1.165) is 22.4 Å². The van der Waals surface area contributed by atoms with E-state index in [1.165, 1.54) is 0 Å². The number of hydrogen-bond acceptors (Lipinski definition) is 3. The van der Waals surface area contributed by atoms with Gasteiger partial charge in [0.2, 0.25) is 0 Å². The third-order valence-electron chi connectivity index (χ3n) is 2.12. The van der Waals surface area contributed by atoms with Crippen LogP contribution in [0.3, 0.4) is 0 Å². The van der Waals surface area contributed by atoms with Crippen LogP contribution in [0.5, 0.6) is 0 Å². The number of Topliss-reactive ketones (excluding diaryl/α,β-unsaturated/α-hetero) is 1. The van der Waals surface area contributed by atoms with Gasteiger partial charge in [-0.2, -0.15) is 16.9 Å². The lowest BCUT2D eigenvalue weighted by Crippen LogP contribution is -2.11. The van der Waals surface area contributed by atoms with Crippen LogP contribution in [0.4, 0.5) is 0 Å². The van der Waals surface area contributed by atoms with Crippen molar-refractivity contribution in [2.45, 2.75) is 26.8 Å². The van der Waals surface area contributed by atoms with Crippen molar-refractivity contribution in [1.29, 1.82) is 0 Å². The molecule has 84 valence electrons. The second-order valence-corrected chi connectivity index (χ2v) is 4.97. The van der Waals surface area contributed by atoms with E-state index in [-0.39, 0.29) is 5.78 Å². The SMILES string of the molecule is CCn1nc(C)c(Br)c1CC(=O)CSC. The minimum absolute atomic E-state index is 0.248. The maximum atomic E-state index is 11.6. The van der Waals surface area contributed by atoms with Crippen molar-refractivity contribution in [2.24, 2.45) is 0 Å². The molecule has 0 aromatic carbocycles. The highest BCUT2D eigenvalue weighted by atomic mass is 79.9. The van der Waals surface area contributed by atoms with Crippen molar-refractivity contribution in [3.05, 3.63) is 15.9 Å². The average Bonchev–Trinajstić information content (AvgIpc) is 2.46. The summed E-state index contributed by atoms with van der Waals surface area (Å²) in [6.07, 6.45) is 2.41. The van der Waals surface area contributed by atoms with Crippen molar-refractivity contribution < 1.29 is 4.79 Å². The van der Waals surface area contributed by atoms with Crippen LogP contribution in [0, 0.1) is 6.92 Å². The van der Waals surface area contributed by atoms with Gasteiger partial charge in [-0.05, 0) is 36.0 Å². The number of carbonyl (C=O) groups is 1. The Kier molecular flexibility index (Phi) is 4.86. The van der Waals surface area contributed by atoms with Crippen molar-refractivity contribution in [3.63, 3.8) is 0 Å². The zero-order valence-electron chi connectivity index (χ0n) is 9.21. The Labute approximate surface area is 103 Å². The second kappa shape index (κ2) is 5.70. The maximum Gasteiger partial charge on any atom is 0.148 e. The number of aryl methyl sites for hydroxylation is 2. The van der Waals surface area contributed by atoms with Crippen molar-refractivity contribution in [3.8, 4) is 0 Å². The second-order valence-electron chi connectivity index (χ2n) is 3.31. The van der Waals surface area contributed by atoms with Crippen LogP contribution in [0.25, 0.3) is 0 Å². The largest absolute Gasteiger partial charge is 0.298 e. The molecule has 0 radical (unpaired) electrons. The van der Waals surface area contributed by atoms with Crippen LogP contribution >= 0.6 is 27.7 Å². The first-order valence-corrected chi connectivity index (χ1v) is 7.01. The van der Waals surface area contributed by atoms with Crippen LogP contribution in [-0.4, -0.2) is 27.6 Å². The first kappa shape index (κ1) is 12.8. The van der Waals surface area contributed by atoms with Crippen molar-refractivity contribution in [2.75, 3.05) is 12.0 Å². The Morgan fingerprint density at radius 2 is 2.27 bits per heavy atom. The van der Waals surface area contributed by atoms with E-state index in [4.69, 9.17) is 0 Å². The van der Waals surface area contributed by atoms with Gasteiger partial charge in [-0.1, -0.05) is 0 Å². The molecular weight excluding hydrogens is 276 g/mol. The Hall–Kier alpha value is -0.290. The van der Waals surface area contributed by atoms with E-state index in [0.29, 0.717) is 12.2 Å². The zero-order chi connectivity index (χ0) is 11.4. The fourth-order valence-electron chi connectivity index (χ4n) is 1.44. The van der Waals surface area contributed by atoms with Crippen LogP contribution in [0.1, 0.15) is 18.3 Å². The molecule has 1 aromatic heterocycles. The average molecular weight is 291 g/mol. The molecule has 0 aliphatic rings. The summed E-state index contributed by atoms with van der Waals surface area (Å²) < 4.78 is 2.86. The van der Waals surface area contributed by atoms with E-state index in [1.54, 1.807) is 11.8 Å². The van der Waals surface area contributed by atoms with Crippen molar-refractivity contribution in [1.82, 2.24) is 9.78 Å². The third kappa shape index (κ3) is 3.08. The Morgan fingerprint density at radius 1 is 1.60 bits per heavy atom. The topological polar surface area (TPSA) is 34.9 Å². The van der Waals surface area contributed by atoms with Gasteiger partial charge in [0.05, 0.1) is 28.0 Å². The fourth-order valence-corrected chi connectivity index (χ4v) is 2.28. The highest BCUT2D eigenvalue weighted by molar-refractivity contribution is 9.10. The lowest BCUT2D eigenvalue weighted by atomic mass is 10.2. The van der Waals surface area contributed by atoms with E-state index in [9.17, 15) is 4.79 Å². The van der Waals surface area contributed by atoms with Gasteiger partial charge in [0.25, 0.3) is 0 Å². The minimum Gasteiger partial charge on any atom is -0.298 e. The van der Waals surface area contributed by atoms with Gasteiger partial charge in [-0.3, -0.25) is 9.48 Å². The molecule has 5 heteroatoms. The Bertz CT molecular complexity index is 363. The lowest BCUT2D eigenvalue weighted by molar-refractivity contribution is -0.116. The summed E-state index contributed by atoms with van der Waals surface area (Å²) in [4.78, 5) is 11.6. The summed E-state index contributed by atoms with van der Waals surface area (Å²) in [5, 5.41) is 4.35. The molecule has 0 aliphatic carbocycles. The highest BCUT2D eigenvalue weighted by Gasteiger charge is 2.14. The fraction of sp³-hybridized carbons (Fsp3) is 0.600. The van der Waals surface area contributed by atoms with Crippen LogP contribution in [0.2, 0.25) is 0 Å². The molecular formula is C10H15BrN2OS. The number of aromatic nitrogens is 2. The van der Waals surface area contributed by atoms with Crippen LogP contribution < -0.4 is 0 Å². The third-order valence-corrected chi connectivity index (χ3v) is 3.76. The molecule has 1 rings (SSSR count). The molecule has 0 spiro atoms. The molecule has 0 aliphatic heterocycles. The Balaban J connectivity index is 2.87. The number of carbonyl (C=O) groups excluding carboxylic acids is 1. The molecule has 0 saturated carbocycles. The summed E-state index contributed by atoms with van der Waals surface area (Å²) in [5.41, 5.74) is 1.94. The summed E-state index contributed by atoms with van der Waals surface area (Å²) >= 11 is 5.04. The number of rotatable bonds is 5. The van der Waals surface area contributed by atoms with Crippen LogP contribution in [0.15, 0.2) is 4.47 Å². The molecule has 15 heavy (non-hydrogen) atoms. The maximum absolute atomic E-state index is 11.6. The smallest absolute Gasteiger partial charge is 0.148 e. The number of thioether (sulfide) groups is 1. The van der Waals surface area contributed by atoms with E-state index in [2.05, 4.69) is 21.0 Å². The first-order valence-electron chi connectivity index (χ1n) is 4.82. The molecule has 3 nitrogen and oxygen atoms in total. The minimum atomic E-state index is 0.248. The lowest BCUT2D eigenvalue weighted by Gasteiger charge is -2.03. The van der Waals surface area contributed by atoms with Gasteiger partial charge in [-0.15, -0.1) is 0 Å². The normalized spacial score (nSPS) is 10.7.